The Bertz CT molecular complexity index is 1260. The van der Waals surface area contributed by atoms with E-state index in [4.69, 9.17) is 11.6 Å². The average molecular weight is 392 g/mol. The zero-order valence-electron chi connectivity index (χ0n) is 15.0. The summed E-state index contributed by atoms with van der Waals surface area (Å²) in [6, 6.07) is 10.2. The molecular formula is C21H18ClN5O. The molecule has 5 rings (SSSR count). The normalized spacial score (nSPS) is 17.2. The van der Waals surface area contributed by atoms with Gasteiger partial charge >= 0.3 is 0 Å². The predicted molar refractivity (Wildman–Crippen MR) is 111 cm³/mol. The van der Waals surface area contributed by atoms with Gasteiger partial charge in [-0.05, 0) is 54.3 Å². The third kappa shape index (κ3) is 3.10. The van der Waals surface area contributed by atoms with Gasteiger partial charge in [-0.25, -0.2) is 9.97 Å². The molecule has 1 unspecified atom stereocenters. The van der Waals surface area contributed by atoms with E-state index in [2.05, 4.69) is 38.5 Å². The van der Waals surface area contributed by atoms with Crippen molar-refractivity contribution < 1.29 is 0 Å². The predicted octanol–water partition coefficient (Wildman–Crippen LogP) is 3.21. The first kappa shape index (κ1) is 17.2. The van der Waals surface area contributed by atoms with E-state index in [1.807, 2.05) is 24.4 Å². The van der Waals surface area contributed by atoms with Gasteiger partial charge < -0.3 is 10.3 Å². The second-order valence-electron chi connectivity index (χ2n) is 7.00. The number of hydrogen-bond acceptors (Lipinski definition) is 4. The number of halogens is 1. The van der Waals surface area contributed by atoms with E-state index < -0.39 is 0 Å². The van der Waals surface area contributed by atoms with E-state index in [9.17, 15) is 4.79 Å². The lowest BCUT2D eigenvalue weighted by Crippen LogP contribution is -2.33. The summed E-state index contributed by atoms with van der Waals surface area (Å²) in [7, 11) is 0. The molecule has 0 fully saturated rings. The number of aromatic amines is 1. The highest BCUT2D eigenvalue weighted by atomic mass is 35.5. The summed E-state index contributed by atoms with van der Waals surface area (Å²) in [5.41, 5.74) is 5.15. The van der Waals surface area contributed by atoms with E-state index in [0.29, 0.717) is 16.8 Å². The minimum Gasteiger partial charge on any atom is -0.316 e. The van der Waals surface area contributed by atoms with Crippen LogP contribution in [0.1, 0.15) is 17.5 Å². The van der Waals surface area contributed by atoms with Gasteiger partial charge in [0, 0.05) is 29.7 Å². The van der Waals surface area contributed by atoms with Crippen LogP contribution in [0.2, 0.25) is 5.02 Å². The summed E-state index contributed by atoms with van der Waals surface area (Å²) in [5.74, 6) is 0. The van der Waals surface area contributed by atoms with Crippen molar-refractivity contribution in [3.05, 3.63) is 81.5 Å². The number of hydrogen-bond donors (Lipinski definition) is 2. The molecule has 3 aromatic heterocycles. The molecule has 0 amide bonds. The third-order valence-corrected chi connectivity index (χ3v) is 5.37. The lowest BCUT2D eigenvalue weighted by Gasteiger charge is -2.23. The molecule has 7 heteroatoms. The molecule has 0 spiro atoms. The molecule has 4 aromatic rings. The number of nitrogens with zero attached hydrogens (tertiary/aromatic N) is 3. The number of fused-ring (bicyclic) bond motifs is 3. The number of imidazole rings is 1. The summed E-state index contributed by atoms with van der Waals surface area (Å²) >= 11 is 6.00. The number of pyridine rings is 1. The maximum atomic E-state index is 12.2. The van der Waals surface area contributed by atoms with Crippen molar-refractivity contribution in [1.29, 1.82) is 0 Å². The van der Waals surface area contributed by atoms with Gasteiger partial charge in [0.2, 0.25) is 5.65 Å². The number of nitrogens with one attached hydrogen (secondary N) is 2. The van der Waals surface area contributed by atoms with Crippen LogP contribution < -0.4 is 10.9 Å². The third-order valence-electron chi connectivity index (χ3n) is 5.12. The molecule has 0 aliphatic carbocycles. The number of benzene rings is 1. The van der Waals surface area contributed by atoms with Crippen LogP contribution in [-0.4, -0.2) is 31.9 Å². The Morgan fingerprint density at radius 3 is 2.89 bits per heavy atom. The topological polar surface area (TPSA) is 75.1 Å². The summed E-state index contributed by atoms with van der Waals surface area (Å²) in [6.07, 6.45) is 9.28. The Kier molecular flexibility index (Phi) is 4.22. The second-order valence-corrected chi connectivity index (χ2v) is 7.44. The fraction of sp³-hybridized carbons (Fsp3) is 0.190. The smallest absolute Gasteiger partial charge is 0.292 e. The van der Waals surface area contributed by atoms with Crippen LogP contribution in [0.25, 0.3) is 22.4 Å². The molecule has 1 aromatic carbocycles. The van der Waals surface area contributed by atoms with Gasteiger partial charge in [0.05, 0.1) is 5.52 Å². The molecule has 1 atom stereocenters. The van der Waals surface area contributed by atoms with Gasteiger partial charge in [0.15, 0.2) is 5.65 Å². The molecule has 6 nitrogen and oxygen atoms in total. The largest absolute Gasteiger partial charge is 0.316 e. The maximum Gasteiger partial charge on any atom is 0.292 e. The minimum atomic E-state index is -0.211. The Balaban J connectivity index is 1.45. The Morgan fingerprint density at radius 1 is 1.18 bits per heavy atom. The lowest BCUT2D eigenvalue weighted by atomic mass is 9.94. The van der Waals surface area contributed by atoms with Gasteiger partial charge in [-0.3, -0.25) is 9.20 Å². The molecule has 140 valence electrons. The van der Waals surface area contributed by atoms with E-state index in [0.717, 1.165) is 30.0 Å². The molecule has 2 N–H and O–H groups in total. The first-order valence-corrected chi connectivity index (χ1v) is 9.59. The first-order valence-electron chi connectivity index (χ1n) is 9.21. The average Bonchev–Trinajstić information content (AvgIpc) is 3.19. The van der Waals surface area contributed by atoms with Gasteiger partial charge in [0.25, 0.3) is 5.56 Å². The van der Waals surface area contributed by atoms with E-state index in [-0.39, 0.29) is 11.6 Å². The highest BCUT2D eigenvalue weighted by Crippen LogP contribution is 2.24. The fourth-order valence-electron chi connectivity index (χ4n) is 3.78. The van der Waals surface area contributed by atoms with Crippen molar-refractivity contribution in [2.24, 2.45) is 0 Å². The molecule has 4 heterocycles. The first-order chi connectivity index (χ1) is 13.7. The lowest BCUT2D eigenvalue weighted by molar-refractivity contribution is 0.579. The van der Waals surface area contributed by atoms with E-state index in [1.54, 1.807) is 16.8 Å². The SMILES string of the molecule is O=c1[nH]c2cc(CC3C=C(c4ccc(Cl)cc4)CCN3)cnc2n2ccnc12. The fourth-order valence-corrected chi connectivity index (χ4v) is 3.91. The highest BCUT2D eigenvalue weighted by molar-refractivity contribution is 6.30. The van der Waals surface area contributed by atoms with Crippen molar-refractivity contribution in [3.63, 3.8) is 0 Å². The van der Waals surface area contributed by atoms with Crippen molar-refractivity contribution in [3.8, 4) is 0 Å². The number of H-pyrrole nitrogens is 1. The van der Waals surface area contributed by atoms with Crippen molar-refractivity contribution in [1.82, 2.24) is 24.7 Å². The van der Waals surface area contributed by atoms with Gasteiger partial charge in [-0.1, -0.05) is 29.8 Å². The zero-order chi connectivity index (χ0) is 19.1. The van der Waals surface area contributed by atoms with Crippen LogP contribution in [0, 0.1) is 0 Å². The van der Waals surface area contributed by atoms with Gasteiger partial charge in [-0.15, -0.1) is 0 Å². The molecule has 0 radical (unpaired) electrons. The summed E-state index contributed by atoms with van der Waals surface area (Å²) < 4.78 is 1.72. The van der Waals surface area contributed by atoms with Gasteiger partial charge in [-0.2, -0.15) is 0 Å². The monoisotopic (exact) mass is 391 g/mol. The van der Waals surface area contributed by atoms with E-state index >= 15 is 0 Å². The molecule has 0 bridgehead atoms. The Morgan fingerprint density at radius 2 is 2.04 bits per heavy atom. The standard InChI is InChI=1S/C21H18ClN5O/c22-16-3-1-14(2-4-16)15-5-6-23-17(11-15)9-13-10-18-19(25-12-13)27-8-7-24-20(27)21(28)26-18/h1-4,7-8,10-12,17,23H,5-6,9H2,(H,26,28). The highest BCUT2D eigenvalue weighted by Gasteiger charge is 2.16. The number of aromatic nitrogens is 4. The molecule has 1 aliphatic heterocycles. The zero-order valence-corrected chi connectivity index (χ0v) is 15.8. The quantitative estimate of drug-likeness (QED) is 0.562. The molecular weight excluding hydrogens is 374 g/mol. The van der Waals surface area contributed by atoms with Crippen molar-refractivity contribution >= 4 is 34.0 Å². The van der Waals surface area contributed by atoms with Gasteiger partial charge in [0.1, 0.15) is 0 Å². The second kappa shape index (κ2) is 6.89. The van der Waals surface area contributed by atoms with Crippen LogP contribution in [0.5, 0.6) is 0 Å². The Hall–Kier alpha value is -2.96. The summed E-state index contributed by atoms with van der Waals surface area (Å²) in [6.45, 7) is 0.923. The minimum absolute atomic E-state index is 0.211. The van der Waals surface area contributed by atoms with Crippen molar-refractivity contribution in [2.75, 3.05) is 6.54 Å². The van der Waals surface area contributed by atoms with Crippen LogP contribution in [0.3, 0.4) is 0 Å². The number of rotatable bonds is 3. The summed E-state index contributed by atoms with van der Waals surface area (Å²) in [5, 5.41) is 4.29. The van der Waals surface area contributed by atoms with Crippen LogP contribution >= 0.6 is 11.6 Å². The van der Waals surface area contributed by atoms with Crippen LogP contribution in [0.15, 0.2) is 59.8 Å². The molecule has 1 aliphatic rings. The molecule has 0 saturated carbocycles. The van der Waals surface area contributed by atoms with Crippen LogP contribution in [-0.2, 0) is 6.42 Å². The summed E-state index contributed by atoms with van der Waals surface area (Å²) in [4.78, 5) is 23.7. The van der Waals surface area contributed by atoms with Crippen molar-refractivity contribution in [2.45, 2.75) is 18.9 Å². The Labute approximate surface area is 165 Å². The molecule has 28 heavy (non-hydrogen) atoms. The maximum absolute atomic E-state index is 12.2. The van der Waals surface area contributed by atoms with E-state index in [1.165, 1.54) is 11.1 Å². The van der Waals surface area contributed by atoms with Crippen LogP contribution in [0.4, 0.5) is 0 Å². The molecule has 0 saturated heterocycles.